The topological polar surface area (TPSA) is 29.9 Å². The summed E-state index contributed by atoms with van der Waals surface area (Å²) in [5.74, 6) is 0.927. The monoisotopic (exact) mass is 193 g/mol. The quantitative estimate of drug-likeness (QED) is 0.772. The van der Waals surface area contributed by atoms with Gasteiger partial charge in [0.1, 0.15) is 0 Å². The molecule has 1 saturated carbocycles. The molecule has 0 saturated heterocycles. The lowest BCUT2D eigenvalue weighted by Gasteiger charge is -2.10. The third-order valence-corrected chi connectivity index (χ3v) is 2.97. The van der Waals surface area contributed by atoms with Crippen molar-refractivity contribution in [3.8, 4) is 0 Å². The van der Waals surface area contributed by atoms with Gasteiger partial charge in [0.05, 0.1) is 6.20 Å². The molecular weight excluding hydrogens is 174 g/mol. The molecule has 0 aromatic carbocycles. The van der Waals surface area contributed by atoms with Crippen molar-refractivity contribution in [1.82, 2.24) is 15.1 Å². The molecule has 78 valence electrons. The summed E-state index contributed by atoms with van der Waals surface area (Å²) in [7, 11) is 0. The van der Waals surface area contributed by atoms with Crippen LogP contribution in [0.4, 0.5) is 0 Å². The van der Waals surface area contributed by atoms with E-state index >= 15 is 0 Å². The highest BCUT2D eigenvalue weighted by molar-refractivity contribution is 5.03. The lowest BCUT2D eigenvalue weighted by atomic mass is 10.2. The van der Waals surface area contributed by atoms with Crippen LogP contribution in [0.2, 0.25) is 0 Å². The van der Waals surface area contributed by atoms with Crippen molar-refractivity contribution in [2.24, 2.45) is 5.92 Å². The van der Waals surface area contributed by atoms with Crippen molar-refractivity contribution < 1.29 is 0 Å². The molecular formula is C11H19N3. The molecule has 1 aromatic rings. The highest BCUT2D eigenvalue weighted by Gasteiger charge is 2.27. The molecule has 1 unspecified atom stereocenters. The van der Waals surface area contributed by atoms with Gasteiger partial charge in [0, 0.05) is 30.9 Å². The molecule has 1 fully saturated rings. The Hall–Kier alpha value is -0.830. The summed E-state index contributed by atoms with van der Waals surface area (Å²) in [6.07, 6.45) is 6.88. The zero-order valence-electron chi connectivity index (χ0n) is 9.03. The Balaban J connectivity index is 1.78. The smallest absolute Gasteiger partial charge is 0.0534 e. The molecule has 3 heteroatoms. The molecule has 0 spiro atoms. The molecule has 1 aromatic heterocycles. The molecule has 1 aliphatic carbocycles. The predicted molar refractivity (Wildman–Crippen MR) is 56.9 cm³/mol. The van der Waals surface area contributed by atoms with Gasteiger partial charge in [0.2, 0.25) is 0 Å². The fourth-order valence-corrected chi connectivity index (χ4v) is 1.71. The van der Waals surface area contributed by atoms with E-state index in [1.54, 1.807) is 0 Å². The van der Waals surface area contributed by atoms with Crippen molar-refractivity contribution >= 4 is 0 Å². The number of aryl methyl sites for hydroxylation is 1. The lowest BCUT2D eigenvalue weighted by Crippen LogP contribution is -2.27. The van der Waals surface area contributed by atoms with E-state index < -0.39 is 0 Å². The van der Waals surface area contributed by atoms with E-state index in [0.29, 0.717) is 6.04 Å². The van der Waals surface area contributed by atoms with Crippen LogP contribution in [0.3, 0.4) is 0 Å². The highest BCUT2D eigenvalue weighted by atomic mass is 15.3. The molecule has 0 aliphatic heterocycles. The average molecular weight is 193 g/mol. The van der Waals surface area contributed by atoms with Crippen LogP contribution in [0.5, 0.6) is 0 Å². The van der Waals surface area contributed by atoms with Gasteiger partial charge in [0.25, 0.3) is 0 Å². The molecule has 1 N–H and O–H groups in total. The van der Waals surface area contributed by atoms with E-state index in [-0.39, 0.29) is 0 Å². The van der Waals surface area contributed by atoms with Crippen LogP contribution < -0.4 is 5.32 Å². The first-order valence-corrected chi connectivity index (χ1v) is 5.54. The summed E-state index contributed by atoms with van der Waals surface area (Å²) in [6, 6.07) is 0.667. The maximum Gasteiger partial charge on any atom is 0.0534 e. The standard InChI is InChI=1S/C11H19N3/c1-3-14-8-10(7-13-14)6-12-9(2)11-4-5-11/h7-9,11-12H,3-6H2,1-2H3. The number of nitrogens with zero attached hydrogens (tertiary/aromatic N) is 2. The van der Waals surface area contributed by atoms with Gasteiger partial charge in [0.15, 0.2) is 0 Å². The number of rotatable bonds is 5. The highest BCUT2D eigenvalue weighted by Crippen LogP contribution is 2.32. The van der Waals surface area contributed by atoms with Crippen LogP contribution >= 0.6 is 0 Å². The molecule has 2 rings (SSSR count). The van der Waals surface area contributed by atoms with Crippen LogP contribution in [0.15, 0.2) is 12.4 Å². The molecule has 0 bridgehead atoms. The Bertz CT molecular complexity index is 288. The first-order valence-electron chi connectivity index (χ1n) is 5.54. The normalized spacial score (nSPS) is 18.4. The molecule has 1 aliphatic rings. The Kier molecular flexibility index (Phi) is 2.87. The SMILES string of the molecule is CCn1cc(CNC(C)C2CC2)cn1. The van der Waals surface area contributed by atoms with Crippen LogP contribution in [0.1, 0.15) is 32.3 Å². The van der Waals surface area contributed by atoms with Gasteiger partial charge in [-0.2, -0.15) is 5.10 Å². The second kappa shape index (κ2) is 4.13. The van der Waals surface area contributed by atoms with Crippen LogP contribution in [0, 0.1) is 5.92 Å². The summed E-state index contributed by atoms with van der Waals surface area (Å²) < 4.78 is 1.97. The minimum absolute atomic E-state index is 0.667. The summed E-state index contributed by atoms with van der Waals surface area (Å²) in [5.41, 5.74) is 1.29. The van der Waals surface area contributed by atoms with E-state index in [1.807, 2.05) is 10.9 Å². The van der Waals surface area contributed by atoms with Gasteiger partial charge in [-0.1, -0.05) is 0 Å². The van der Waals surface area contributed by atoms with E-state index in [1.165, 1.54) is 18.4 Å². The number of hydrogen-bond donors (Lipinski definition) is 1. The summed E-state index contributed by atoms with van der Waals surface area (Å²) in [6.45, 7) is 6.30. The van der Waals surface area contributed by atoms with Gasteiger partial charge >= 0.3 is 0 Å². The molecule has 0 amide bonds. The lowest BCUT2D eigenvalue weighted by molar-refractivity contribution is 0.496. The van der Waals surface area contributed by atoms with E-state index in [0.717, 1.165) is 19.0 Å². The second-order valence-corrected chi connectivity index (χ2v) is 4.21. The third kappa shape index (κ3) is 2.35. The van der Waals surface area contributed by atoms with Gasteiger partial charge < -0.3 is 5.32 Å². The van der Waals surface area contributed by atoms with E-state index in [2.05, 4.69) is 30.5 Å². The summed E-state index contributed by atoms with van der Waals surface area (Å²) in [5, 5.41) is 7.79. The van der Waals surface area contributed by atoms with Crippen molar-refractivity contribution in [3.05, 3.63) is 18.0 Å². The predicted octanol–water partition coefficient (Wildman–Crippen LogP) is 1.79. The fraction of sp³-hybridized carbons (Fsp3) is 0.727. The van der Waals surface area contributed by atoms with Crippen molar-refractivity contribution in [3.63, 3.8) is 0 Å². The maximum absolute atomic E-state index is 4.25. The first kappa shape index (κ1) is 9.71. The van der Waals surface area contributed by atoms with Gasteiger partial charge in [-0.15, -0.1) is 0 Å². The average Bonchev–Trinajstić information content (AvgIpc) is 2.94. The Morgan fingerprint density at radius 2 is 2.43 bits per heavy atom. The van der Waals surface area contributed by atoms with Gasteiger partial charge in [-0.05, 0) is 32.6 Å². The van der Waals surface area contributed by atoms with Crippen molar-refractivity contribution in [2.45, 2.75) is 45.8 Å². The Morgan fingerprint density at radius 1 is 1.64 bits per heavy atom. The molecule has 1 atom stereocenters. The third-order valence-electron chi connectivity index (χ3n) is 2.97. The summed E-state index contributed by atoms with van der Waals surface area (Å²) in [4.78, 5) is 0. The minimum Gasteiger partial charge on any atom is -0.310 e. The molecule has 0 radical (unpaired) electrons. The van der Waals surface area contributed by atoms with Crippen LogP contribution in [0.25, 0.3) is 0 Å². The van der Waals surface area contributed by atoms with Crippen molar-refractivity contribution in [1.29, 1.82) is 0 Å². The number of aromatic nitrogens is 2. The van der Waals surface area contributed by atoms with E-state index in [9.17, 15) is 0 Å². The molecule has 14 heavy (non-hydrogen) atoms. The Labute approximate surface area is 85.5 Å². The largest absolute Gasteiger partial charge is 0.310 e. The van der Waals surface area contributed by atoms with Crippen LogP contribution in [-0.2, 0) is 13.1 Å². The first-order chi connectivity index (χ1) is 6.79. The second-order valence-electron chi connectivity index (χ2n) is 4.21. The summed E-state index contributed by atoms with van der Waals surface area (Å²) >= 11 is 0. The molecule has 1 heterocycles. The van der Waals surface area contributed by atoms with E-state index in [4.69, 9.17) is 0 Å². The maximum atomic E-state index is 4.25. The molecule has 3 nitrogen and oxygen atoms in total. The fourth-order valence-electron chi connectivity index (χ4n) is 1.71. The van der Waals surface area contributed by atoms with Gasteiger partial charge in [-0.25, -0.2) is 0 Å². The zero-order chi connectivity index (χ0) is 9.97. The van der Waals surface area contributed by atoms with Crippen LogP contribution in [-0.4, -0.2) is 15.8 Å². The number of nitrogens with one attached hydrogen (secondary N) is 1. The number of hydrogen-bond acceptors (Lipinski definition) is 2. The van der Waals surface area contributed by atoms with Crippen molar-refractivity contribution in [2.75, 3.05) is 0 Å². The van der Waals surface area contributed by atoms with Gasteiger partial charge in [-0.3, -0.25) is 4.68 Å². The zero-order valence-corrected chi connectivity index (χ0v) is 9.03. The minimum atomic E-state index is 0.667. The Morgan fingerprint density at radius 3 is 3.00 bits per heavy atom.